The van der Waals surface area contributed by atoms with Crippen molar-refractivity contribution < 1.29 is 18.0 Å². The summed E-state index contributed by atoms with van der Waals surface area (Å²) >= 11 is 1.40. The van der Waals surface area contributed by atoms with Crippen molar-refractivity contribution in [2.45, 2.75) is 18.0 Å². The molecule has 1 aromatic rings. The van der Waals surface area contributed by atoms with Crippen LogP contribution in [-0.2, 0) is 4.79 Å². The molecule has 0 aliphatic heterocycles. The lowest BCUT2D eigenvalue weighted by Gasteiger charge is -2.07. The van der Waals surface area contributed by atoms with Crippen molar-refractivity contribution in [1.82, 2.24) is 5.32 Å². The second kappa shape index (κ2) is 5.95. The molecular formula is C11H12F3NOS. The average Bonchev–Trinajstić information content (AvgIpc) is 2.25. The molecular weight excluding hydrogens is 251 g/mol. The van der Waals surface area contributed by atoms with Gasteiger partial charge in [-0.25, -0.2) is 0 Å². The van der Waals surface area contributed by atoms with Crippen molar-refractivity contribution in [3.05, 3.63) is 29.8 Å². The number of hydrogen-bond acceptors (Lipinski definition) is 2. The number of nitrogens with one attached hydrogen (secondary N) is 1. The number of carbonyl (C=O) groups excluding carboxylic acids is 1. The van der Waals surface area contributed by atoms with Gasteiger partial charge in [0.25, 0.3) is 0 Å². The lowest BCUT2D eigenvalue weighted by molar-refractivity contribution is -0.173. The molecule has 0 fully saturated rings. The van der Waals surface area contributed by atoms with Crippen LogP contribution in [-0.4, -0.2) is 24.4 Å². The third-order valence-electron chi connectivity index (χ3n) is 1.93. The minimum Gasteiger partial charge on any atom is -0.347 e. The number of rotatable bonds is 4. The Morgan fingerprint density at radius 2 is 1.88 bits per heavy atom. The molecule has 6 heteroatoms. The Morgan fingerprint density at radius 3 is 2.41 bits per heavy atom. The van der Waals surface area contributed by atoms with Crippen molar-refractivity contribution in [3.63, 3.8) is 0 Å². The molecule has 1 amide bonds. The molecule has 1 rings (SSSR count). The molecule has 0 aliphatic rings. The first kappa shape index (κ1) is 13.9. The second-order valence-corrected chi connectivity index (χ2v) is 4.58. The van der Waals surface area contributed by atoms with Crippen LogP contribution in [0.4, 0.5) is 13.2 Å². The molecule has 0 aliphatic carbocycles. The summed E-state index contributed by atoms with van der Waals surface area (Å²) in [4.78, 5) is 11.4. The van der Waals surface area contributed by atoms with E-state index in [0.29, 0.717) is 5.75 Å². The van der Waals surface area contributed by atoms with E-state index in [1.165, 1.54) is 11.8 Å². The molecule has 0 radical (unpaired) electrons. The van der Waals surface area contributed by atoms with E-state index in [0.717, 1.165) is 10.5 Å². The van der Waals surface area contributed by atoms with Crippen LogP contribution in [0.1, 0.15) is 5.56 Å². The highest BCUT2D eigenvalue weighted by Crippen LogP contribution is 2.18. The van der Waals surface area contributed by atoms with Crippen molar-refractivity contribution in [2.24, 2.45) is 0 Å². The molecule has 0 bridgehead atoms. The van der Waals surface area contributed by atoms with Gasteiger partial charge in [0.1, 0.15) is 0 Å². The number of carbonyl (C=O) groups is 1. The van der Waals surface area contributed by atoms with Crippen molar-refractivity contribution >= 4 is 17.7 Å². The second-order valence-electron chi connectivity index (χ2n) is 3.42. The van der Waals surface area contributed by atoms with Gasteiger partial charge in [0, 0.05) is 17.2 Å². The maximum Gasteiger partial charge on any atom is 0.471 e. The molecule has 0 unspecified atom stereocenters. The fourth-order valence-corrected chi connectivity index (χ4v) is 1.84. The largest absolute Gasteiger partial charge is 0.471 e. The molecule has 1 N–H and O–H groups in total. The predicted octanol–water partition coefficient (Wildman–Crippen LogP) is 2.77. The zero-order valence-corrected chi connectivity index (χ0v) is 9.99. The summed E-state index contributed by atoms with van der Waals surface area (Å²) < 4.78 is 35.5. The molecule has 0 heterocycles. The first-order chi connectivity index (χ1) is 7.89. The maximum atomic E-state index is 11.8. The monoisotopic (exact) mass is 263 g/mol. The molecule has 17 heavy (non-hydrogen) atoms. The van der Waals surface area contributed by atoms with Crippen molar-refractivity contribution in [1.29, 1.82) is 0 Å². The Balaban J connectivity index is 2.25. The van der Waals surface area contributed by atoms with Gasteiger partial charge in [0.15, 0.2) is 0 Å². The van der Waals surface area contributed by atoms with Crippen molar-refractivity contribution in [3.8, 4) is 0 Å². The SMILES string of the molecule is Cc1ccc(SCCNC(=O)C(F)(F)F)cc1. The van der Waals surface area contributed by atoms with Gasteiger partial charge in [0.05, 0.1) is 0 Å². The maximum absolute atomic E-state index is 11.8. The normalized spacial score (nSPS) is 11.3. The fourth-order valence-electron chi connectivity index (χ4n) is 1.07. The summed E-state index contributed by atoms with van der Waals surface area (Å²) in [7, 11) is 0. The minimum absolute atomic E-state index is 0.00309. The Kier molecular flexibility index (Phi) is 4.86. The van der Waals surface area contributed by atoms with E-state index in [-0.39, 0.29) is 6.54 Å². The number of benzene rings is 1. The van der Waals surface area contributed by atoms with Gasteiger partial charge in [-0.15, -0.1) is 11.8 Å². The molecule has 0 saturated heterocycles. The fraction of sp³-hybridized carbons (Fsp3) is 0.364. The number of halogens is 3. The number of hydrogen-bond donors (Lipinski definition) is 1. The Labute approximate surface area is 102 Å². The summed E-state index contributed by atoms with van der Waals surface area (Å²) in [5, 5.41) is 1.82. The Hall–Kier alpha value is -1.17. The minimum atomic E-state index is -4.80. The summed E-state index contributed by atoms with van der Waals surface area (Å²) in [6.07, 6.45) is -4.80. The van der Waals surface area contributed by atoms with Crippen LogP contribution in [0.3, 0.4) is 0 Å². The van der Waals surface area contributed by atoms with Gasteiger partial charge in [-0.3, -0.25) is 4.79 Å². The number of alkyl halides is 3. The first-order valence-corrected chi connectivity index (χ1v) is 5.92. The summed E-state index contributed by atoms with van der Waals surface area (Å²) in [5.74, 6) is -1.48. The first-order valence-electron chi connectivity index (χ1n) is 4.94. The van der Waals surface area contributed by atoms with Crippen LogP contribution < -0.4 is 5.32 Å². The zero-order chi connectivity index (χ0) is 12.9. The predicted molar refractivity (Wildman–Crippen MR) is 61.0 cm³/mol. The Morgan fingerprint density at radius 1 is 1.29 bits per heavy atom. The van der Waals surface area contributed by atoms with Gasteiger partial charge in [0.2, 0.25) is 0 Å². The smallest absolute Gasteiger partial charge is 0.347 e. The van der Waals surface area contributed by atoms with Gasteiger partial charge < -0.3 is 5.32 Å². The van der Waals surface area contributed by atoms with Crippen LogP contribution >= 0.6 is 11.8 Å². The molecule has 0 spiro atoms. The van der Waals surface area contributed by atoms with E-state index in [2.05, 4.69) is 0 Å². The lowest BCUT2D eigenvalue weighted by atomic mass is 10.2. The number of thioether (sulfide) groups is 1. The molecule has 2 nitrogen and oxygen atoms in total. The number of amides is 1. The van der Waals surface area contributed by atoms with Gasteiger partial charge in [-0.2, -0.15) is 13.2 Å². The van der Waals surface area contributed by atoms with Crippen LogP contribution in [0.2, 0.25) is 0 Å². The lowest BCUT2D eigenvalue weighted by Crippen LogP contribution is -2.37. The van der Waals surface area contributed by atoms with Crippen LogP contribution in [0, 0.1) is 6.92 Å². The van der Waals surface area contributed by atoms with Gasteiger partial charge in [-0.05, 0) is 19.1 Å². The molecule has 0 atom stereocenters. The standard InChI is InChI=1S/C11H12F3NOS/c1-8-2-4-9(5-3-8)17-7-6-15-10(16)11(12,13)14/h2-5H,6-7H2,1H3,(H,15,16). The van der Waals surface area contributed by atoms with E-state index in [4.69, 9.17) is 0 Å². The van der Waals surface area contributed by atoms with E-state index < -0.39 is 12.1 Å². The van der Waals surface area contributed by atoms with Crippen molar-refractivity contribution in [2.75, 3.05) is 12.3 Å². The molecule has 94 valence electrons. The highest BCUT2D eigenvalue weighted by atomic mass is 32.2. The highest BCUT2D eigenvalue weighted by Gasteiger charge is 2.38. The van der Waals surface area contributed by atoms with E-state index >= 15 is 0 Å². The van der Waals surface area contributed by atoms with Gasteiger partial charge >= 0.3 is 12.1 Å². The highest BCUT2D eigenvalue weighted by molar-refractivity contribution is 7.99. The van der Waals surface area contributed by atoms with Crippen LogP contribution in [0.5, 0.6) is 0 Å². The van der Waals surface area contributed by atoms with E-state index in [1.807, 2.05) is 36.5 Å². The number of aryl methyl sites for hydroxylation is 1. The summed E-state index contributed by atoms with van der Waals surface area (Å²) in [6, 6.07) is 7.64. The summed E-state index contributed by atoms with van der Waals surface area (Å²) in [5.41, 5.74) is 1.12. The van der Waals surface area contributed by atoms with Crippen LogP contribution in [0.15, 0.2) is 29.2 Å². The quantitative estimate of drug-likeness (QED) is 0.668. The molecule has 0 saturated carbocycles. The third kappa shape index (κ3) is 5.12. The third-order valence-corrected chi connectivity index (χ3v) is 2.95. The van der Waals surface area contributed by atoms with E-state index in [9.17, 15) is 18.0 Å². The zero-order valence-electron chi connectivity index (χ0n) is 9.17. The Bertz CT molecular complexity index is 375. The van der Waals surface area contributed by atoms with Gasteiger partial charge in [-0.1, -0.05) is 17.7 Å². The molecule has 0 aromatic heterocycles. The molecule has 1 aromatic carbocycles. The average molecular weight is 263 g/mol. The topological polar surface area (TPSA) is 29.1 Å². The van der Waals surface area contributed by atoms with Crippen LogP contribution in [0.25, 0.3) is 0 Å². The summed E-state index contributed by atoms with van der Waals surface area (Å²) in [6.45, 7) is 1.95. The van der Waals surface area contributed by atoms with E-state index in [1.54, 1.807) is 0 Å².